The third kappa shape index (κ3) is 3.81. The number of hydrogen-bond acceptors (Lipinski definition) is 5. The summed E-state index contributed by atoms with van der Waals surface area (Å²) in [5.41, 5.74) is 3.78. The summed E-state index contributed by atoms with van der Waals surface area (Å²) in [7, 11) is 0. The number of aryl methyl sites for hydroxylation is 1. The highest BCUT2D eigenvalue weighted by Crippen LogP contribution is 2.22. The summed E-state index contributed by atoms with van der Waals surface area (Å²) >= 11 is 0. The molecule has 0 fully saturated rings. The average Bonchev–Trinajstić information content (AvgIpc) is 3.14. The van der Waals surface area contributed by atoms with Gasteiger partial charge in [-0.2, -0.15) is 5.26 Å². The Morgan fingerprint density at radius 3 is 2.71 bits per heavy atom. The van der Waals surface area contributed by atoms with Gasteiger partial charge in [-0.15, -0.1) is 0 Å². The molecule has 138 valence electrons. The van der Waals surface area contributed by atoms with Gasteiger partial charge in [-0.25, -0.2) is 14.4 Å². The molecule has 0 aliphatic carbocycles. The van der Waals surface area contributed by atoms with Gasteiger partial charge in [-0.3, -0.25) is 4.98 Å². The summed E-state index contributed by atoms with van der Waals surface area (Å²) < 4.78 is 13.1. The number of pyridine rings is 2. The second-order valence-corrected chi connectivity index (χ2v) is 6.32. The van der Waals surface area contributed by atoms with Gasteiger partial charge < -0.3 is 10.3 Å². The largest absolute Gasteiger partial charge is 0.369 e. The first-order valence-corrected chi connectivity index (χ1v) is 8.92. The minimum absolute atomic E-state index is 0.294. The highest BCUT2D eigenvalue weighted by molar-refractivity contribution is 5.73. The summed E-state index contributed by atoms with van der Waals surface area (Å²) in [6, 6.07) is 13.6. The number of fused-ring (bicyclic) bond motifs is 1. The lowest BCUT2D eigenvalue weighted by atomic mass is 10.1. The maximum atomic E-state index is 13.1. The Bertz CT molecular complexity index is 1110. The van der Waals surface area contributed by atoms with E-state index in [4.69, 9.17) is 0 Å². The molecule has 3 aromatic heterocycles. The van der Waals surface area contributed by atoms with E-state index in [1.54, 1.807) is 36.7 Å². The molecule has 0 atom stereocenters. The Kier molecular flexibility index (Phi) is 4.93. The summed E-state index contributed by atoms with van der Waals surface area (Å²) in [4.78, 5) is 16.4. The van der Waals surface area contributed by atoms with Crippen molar-refractivity contribution in [3.63, 3.8) is 0 Å². The zero-order valence-electron chi connectivity index (χ0n) is 15.0. The monoisotopic (exact) mass is 372 g/mol. The minimum Gasteiger partial charge on any atom is -0.369 e. The van der Waals surface area contributed by atoms with Crippen LogP contribution in [0.15, 0.2) is 54.9 Å². The highest BCUT2D eigenvalue weighted by Gasteiger charge is 2.08. The van der Waals surface area contributed by atoms with Crippen LogP contribution in [-0.2, 0) is 6.42 Å². The molecule has 0 aliphatic rings. The van der Waals surface area contributed by atoms with E-state index in [1.165, 1.54) is 12.1 Å². The second-order valence-electron chi connectivity index (χ2n) is 6.32. The van der Waals surface area contributed by atoms with Crippen molar-refractivity contribution in [3.8, 4) is 17.3 Å². The number of aromatic nitrogens is 4. The highest BCUT2D eigenvalue weighted by atomic mass is 19.1. The number of benzene rings is 1. The Hall–Kier alpha value is -3.79. The van der Waals surface area contributed by atoms with Crippen molar-refractivity contribution >= 4 is 16.9 Å². The molecule has 4 aromatic rings. The lowest BCUT2D eigenvalue weighted by Crippen LogP contribution is -2.07. The molecular weight excluding hydrogens is 355 g/mol. The number of hydrogen-bond donors (Lipinski definition) is 2. The summed E-state index contributed by atoms with van der Waals surface area (Å²) in [6.07, 6.45) is 5.06. The van der Waals surface area contributed by atoms with Crippen LogP contribution in [0.5, 0.6) is 0 Å². The van der Waals surface area contributed by atoms with Crippen molar-refractivity contribution in [2.24, 2.45) is 0 Å². The van der Waals surface area contributed by atoms with Gasteiger partial charge in [0.1, 0.15) is 23.5 Å². The van der Waals surface area contributed by atoms with Crippen LogP contribution in [0.1, 0.15) is 17.8 Å². The molecule has 0 unspecified atom stereocenters. The Morgan fingerprint density at radius 2 is 1.93 bits per heavy atom. The summed E-state index contributed by atoms with van der Waals surface area (Å²) in [5, 5.41) is 12.6. The van der Waals surface area contributed by atoms with Gasteiger partial charge in [-0.1, -0.05) is 0 Å². The predicted molar refractivity (Wildman–Crippen MR) is 105 cm³/mol. The zero-order chi connectivity index (χ0) is 19.3. The van der Waals surface area contributed by atoms with Gasteiger partial charge in [0.15, 0.2) is 0 Å². The van der Waals surface area contributed by atoms with Crippen LogP contribution < -0.4 is 5.32 Å². The third-order valence-corrected chi connectivity index (χ3v) is 4.37. The molecule has 0 saturated heterocycles. The fourth-order valence-corrected chi connectivity index (χ4v) is 2.96. The van der Waals surface area contributed by atoms with E-state index in [0.29, 0.717) is 23.6 Å². The molecule has 3 heterocycles. The zero-order valence-corrected chi connectivity index (χ0v) is 15.0. The average molecular weight is 372 g/mol. The maximum absolute atomic E-state index is 13.1. The van der Waals surface area contributed by atoms with Gasteiger partial charge in [-0.05, 0) is 48.9 Å². The predicted octanol–water partition coefficient (Wildman–Crippen LogP) is 4.08. The van der Waals surface area contributed by atoms with Crippen molar-refractivity contribution in [3.05, 3.63) is 72.1 Å². The number of nitrogens with one attached hydrogen (secondary N) is 2. The number of imidazole rings is 1. The van der Waals surface area contributed by atoms with Gasteiger partial charge in [0.25, 0.3) is 0 Å². The van der Waals surface area contributed by atoms with E-state index in [0.717, 1.165) is 35.3 Å². The van der Waals surface area contributed by atoms with Crippen LogP contribution in [0, 0.1) is 17.1 Å². The minimum atomic E-state index is -0.294. The first kappa shape index (κ1) is 17.6. The number of halogens is 1. The lowest BCUT2D eigenvalue weighted by Gasteiger charge is -2.09. The van der Waals surface area contributed by atoms with Crippen LogP contribution in [0.2, 0.25) is 0 Å². The normalized spacial score (nSPS) is 10.7. The van der Waals surface area contributed by atoms with Crippen molar-refractivity contribution in [1.82, 2.24) is 19.9 Å². The molecule has 0 spiro atoms. The number of nitriles is 1. The smallest absolute Gasteiger partial charge is 0.144 e. The van der Waals surface area contributed by atoms with Gasteiger partial charge in [0.05, 0.1) is 28.5 Å². The lowest BCUT2D eigenvalue weighted by molar-refractivity contribution is 0.628. The summed E-state index contributed by atoms with van der Waals surface area (Å²) in [5.74, 6) is 1.13. The van der Waals surface area contributed by atoms with E-state index < -0.39 is 0 Å². The summed E-state index contributed by atoms with van der Waals surface area (Å²) in [6.45, 7) is 0.643. The van der Waals surface area contributed by atoms with Crippen LogP contribution in [0.4, 0.5) is 10.2 Å². The second kappa shape index (κ2) is 7.84. The fourth-order valence-electron chi connectivity index (χ4n) is 2.96. The number of nitrogens with zero attached hydrogens (tertiary/aromatic N) is 4. The quantitative estimate of drug-likeness (QED) is 0.498. The maximum Gasteiger partial charge on any atom is 0.144 e. The van der Waals surface area contributed by atoms with Gasteiger partial charge >= 0.3 is 0 Å². The van der Waals surface area contributed by atoms with E-state index in [1.807, 2.05) is 6.07 Å². The van der Waals surface area contributed by atoms with Crippen LogP contribution in [0.25, 0.3) is 22.3 Å². The van der Waals surface area contributed by atoms with E-state index in [2.05, 4.69) is 31.3 Å². The van der Waals surface area contributed by atoms with Crippen molar-refractivity contribution in [1.29, 1.82) is 5.26 Å². The van der Waals surface area contributed by atoms with Crippen LogP contribution in [0.3, 0.4) is 0 Å². The topological polar surface area (TPSA) is 90.3 Å². The molecule has 0 saturated carbocycles. The van der Waals surface area contributed by atoms with Gasteiger partial charge in [0.2, 0.25) is 0 Å². The molecule has 2 N–H and O–H groups in total. The van der Waals surface area contributed by atoms with Crippen molar-refractivity contribution < 1.29 is 4.39 Å². The molecule has 0 bridgehead atoms. The molecule has 1 aromatic carbocycles. The van der Waals surface area contributed by atoms with Crippen LogP contribution in [-0.4, -0.2) is 26.5 Å². The molecule has 0 radical (unpaired) electrons. The van der Waals surface area contributed by atoms with E-state index in [9.17, 15) is 9.65 Å². The van der Waals surface area contributed by atoms with Crippen molar-refractivity contribution in [2.75, 3.05) is 11.9 Å². The SMILES string of the molecule is N#Cc1ccc(-c2ccc(F)cc2)nc1NCCCc1nc2ccncc2[nH]1. The first-order valence-electron chi connectivity index (χ1n) is 8.92. The number of H-pyrrole nitrogens is 1. The molecular formula is C21H17FN6. The molecule has 28 heavy (non-hydrogen) atoms. The first-order chi connectivity index (χ1) is 13.7. The Labute approximate surface area is 161 Å². The number of rotatable bonds is 6. The third-order valence-electron chi connectivity index (χ3n) is 4.37. The van der Waals surface area contributed by atoms with Crippen LogP contribution >= 0.6 is 0 Å². The fraction of sp³-hybridized carbons (Fsp3) is 0.143. The Morgan fingerprint density at radius 1 is 1.07 bits per heavy atom. The standard InChI is InChI=1S/C21H17FN6/c22-16-6-3-14(4-7-16)17-8-5-15(12-23)21(28-17)25-10-1-2-20-26-18-9-11-24-13-19(18)27-20/h3-9,11,13H,1-2,10H2,(H,25,28)(H,26,27). The van der Waals surface area contributed by atoms with Crippen molar-refractivity contribution in [2.45, 2.75) is 12.8 Å². The number of aromatic amines is 1. The molecule has 4 rings (SSSR count). The van der Waals surface area contributed by atoms with E-state index in [-0.39, 0.29) is 5.82 Å². The molecule has 7 heteroatoms. The number of anilines is 1. The molecule has 6 nitrogen and oxygen atoms in total. The van der Waals surface area contributed by atoms with Gasteiger partial charge in [0, 0.05) is 24.7 Å². The molecule has 0 aliphatic heterocycles. The molecule has 0 amide bonds. The van der Waals surface area contributed by atoms with E-state index >= 15 is 0 Å². The Balaban J connectivity index is 1.42.